The molecule has 2 N–H and O–H groups in total. The van der Waals surface area contributed by atoms with Crippen molar-refractivity contribution in [3.63, 3.8) is 0 Å². The lowest BCUT2D eigenvalue weighted by Gasteiger charge is -2.40. The molecule has 72 valence electrons. The largest absolute Gasteiger partial charge is 0.393 e. The maximum Gasteiger partial charge on any atom is 0.236 e. The van der Waals surface area contributed by atoms with E-state index in [9.17, 15) is 9.90 Å². The van der Waals surface area contributed by atoms with Crippen molar-refractivity contribution in [3.8, 4) is 0 Å². The second-order valence-corrected chi connectivity index (χ2v) is 4.00. The average molecular weight is 190 g/mol. The smallest absolute Gasteiger partial charge is 0.236 e. The molecule has 1 aliphatic heterocycles. The fraction of sp³-hybridized carbons (Fsp3) is 0.400. The molecule has 1 fully saturated rings. The molecular formula is C10H10N2O2. The van der Waals surface area contributed by atoms with E-state index in [-0.39, 0.29) is 12.0 Å². The summed E-state index contributed by atoms with van der Waals surface area (Å²) in [6, 6.07) is 3.73. The molecule has 0 atom stereocenters. The predicted octanol–water partition coefficient (Wildman–Crippen LogP) is 0.426. The SMILES string of the molecule is O=C1Nc2ncccc2C12CC(O)C2. The number of nitrogens with zero attached hydrogens (tertiary/aromatic N) is 1. The van der Waals surface area contributed by atoms with Crippen molar-refractivity contribution < 1.29 is 9.90 Å². The standard InChI is InChI=1S/C10H10N2O2/c13-6-4-10(5-6)7-2-1-3-11-8(7)12-9(10)14/h1-3,6,13H,4-5H2,(H,11,12,14). The van der Waals surface area contributed by atoms with Crippen LogP contribution in [0.25, 0.3) is 0 Å². The Hall–Kier alpha value is -1.42. The number of aliphatic hydroxyl groups is 1. The van der Waals surface area contributed by atoms with Gasteiger partial charge in [0.15, 0.2) is 0 Å². The third-order valence-electron chi connectivity index (χ3n) is 3.16. The molecule has 0 unspecified atom stereocenters. The molecule has 2 heterocycles. The number of hydrogen-bond acceptors (Lipinski definition) is 3. The third-order valence-corrected chi connectivity index (χ3v) is 3.16. The normalized spacial score (nSPS) is 33.8. The van der Waals surface area contributed by atoms with Crippen molar-refractivity contribution in [1.29, 1.82) is 0 Å². The highest BCUT2D eigenvalue weighted by Crippen LogP contribution is 2.50. The fourth-order valence-corrected chi connectivity index (χ4v) is 2.39. The van der Waals surface area contributed by atoms with Crippen LogP contribution in [0.1, 0.15) is 18.4 Å². The van der Waals surface area contributed by atoms with Gasteiger partial charge in [-0.2, -0.15) is 0 Å². The van der Waals surface area contributed by atoms with Gasteiger partial charge in [0.05, 0.1) is 11.5 Å². The number of rotatable bonds is 0. The Balaban J connectivity index is 2.12. The van der Waals surface area contributed by atoms with Crippen LogP contribution in [-0.2, 0) is 10.2 Å². The minimum atomic E-state index is -0.483. The summed E-state index contributed by atoms with van der Waals surface area (Å²) in [4.78, 5) is 15.8. The number of hydrogen-bond donors (Lipinski definition) is 2. The third kappa shape index (κ3) is 0.767. The van der Waals surface area contributed by atoms with E-state index in [1.165, 1.54) is 0 Å². The number of nitrogens with one attached hydrogen (secondary N) is 1. The highest BCUT2D eigenvalue weighted by atomic mass is 16.3. The first-order valence-corrected chi connectivity index (χ1v) is 4.67. The summed E-state index contributed by atoms with van der Waals surface area (Å²) in [5, 5.41) is 12.1. The van der Waals surface area contributed by atoms with Crippen molar-refractivity contribution in [2.45, 2.75) is 24.4 Å². The summed E-state index contributed by atoms with van der Waals surface area (Å²) in [5.41, 5.74) is 0.457. The van der Waals surface area contributed by atoms with Crippen LogP contribution in [0.4, 0.5) is 5.82 Å². The summed E-state index contributed by atoms with van der Waals surface area (Å²) in [7, 11) is 0. The van der Waals surface area contributed by atoms with Crippen LogP contribution in [0.3, 0.4) is 0 Å². The van der Waals surface area contributed by atoms with E-state index < -0.39 is 5.41 Å². The van der Waals surface area contributed by atoms with Gasteiger partial charge in [0.1, 0.15) is 5.82 Å². The van der Waals surface area contributed by atoms with Crippen LogP contribution in [0.15, 0.2) is 18.3 Å². The number of pyridine rings is 1. The fourth-order valence-electron chi connectivity index (χ4n) is 2.39. The summed E-state index contributed by atoms with van der Waals surface area (Å²) in [6.07, 6.45) is 2.37. The molecule has 0 bridgehead atoms. The number of fused-ring (bicyclic) bond motifs is 2. The average Bonchev–Trinajstić information content (AvgIpc) is 2.40. The van der Waals surface area contributed by atoms with Gasteiger partial charge in [-0.1, -0.05) is 6.07 Å². The zero-order valence-corrected chi connectivity index (χ0v) is 7.53. The molecule has 0 saturated heterocycles. The lowest BCUT2D eigenvalue weighted by molar-refractivity contribution is -0.128. The van der Waals surface area contributed by atoms with Crippen LogP contribution in [-0.4, -0.2) is 22.1 Å². The molecular weight excluding hydrogens is 180 g/mol. The number of aromatic nitrogens is 1. The number of carbonyl (C=O) groups excluding carboxylic acids is 1. The maximum absolute atomic E-state index is 11.7. The van der Waals surface area contributed by atoms with Crippen molar-refractivity contribution in [1.82, 2.24) is 4.98 Å². The molecule has 1 aromatic rings. The second-order valence-electron chi connectivity index (χ2n) is 4.00. The second kappa shape index (κ2) is 2.33. The highest BCUT2D eigenvalue weighted by Gasteiger charge is 2.55. The summed E-state index contributed by atoms with van der Waals surface area (Å²) >= 11 is 0. The van der Waals surface area contributed by atoms with E-state index in [0.29, 0.717) is 18.7 Å². The van der Waals surface area contributed by atoms with Gasteiger partial charge < -0.3 is 10.4 Å². The molecule has 1 aromatic heterocycles. The molecule has 14 heavy (non-hydrogen) atoms. The van der Waals surface area contributed by atoms with Gasteiger partial charge in [-0.25, -0.2) is 4.98 Å². The van der Waals surface area contributed by atoms with Crippen LogP contribution in [0, 0.1) is 0 Å². The van der Waals surface area contributed by atoms with E-state index in [0.717, 1.165) is 5.56 Å². The van der Waals surface area contributed by atoms with Gasteiger partial charge in [0.25, 0.3) is 0 Å². The van der Waals surface area contributed by atoms with Gasteiger partial charge >= 0.3 is 0 Å². The summed E-state index contributed by atoms with van der Waals surface area (Å²) < 4.78 is 0. The first-order valence-electron chi connectivity index (χ1n) is 4.67. The lowest BCUT2D eigenvalue weighted by Crippen LogP contribution is -2.49. The number of anilines is 1. The van der Waals surface area contributed by atoms with E-state index in [2.05, 4.69) is 10.3 Å². The van der Waals surface area contributed by atoms with Crippen LogP contribution in [0.2, 0.25) is 0 Å². The predicted molar refractivity (Wildman–Crippen MR) is 49.8 cm³/mol. The van der Waals surface area contributed by atoms with Crippen molar-refractivity contribution >= 4 is 11.7 Å². The maximum atomic E-state index is 11.7. The highest BCUT2D eigenvalue weighted by molar-refractivity contribution is 6.06. The molecule has 0 aromatic carbocycles. The van der Waals surface area contributed by atoms with E-state index in [1.807, 2.05) is 12.1 Å². The van der Waals surface area contributed by atoms with Crippen LogP contribution < -0.4 is 5.32 Å². The van der Waals surface area contributed by atoms with Crippen molar-refractivity contribution in [2.24, 2.45) is 0 Å². The number of amides is 1. The Bertz CT molecular complexity index is 410. The van der Waals surface area contributed by atoms with Crippen molar-refractivity contribution in [2.75, 3.05) is 5.32 Å². The molecule has 4 heteroatoms. The number of carbonyl (C=O) groups is 1. The van der Waals surface area contributed by atoms with Crippen molar-refractivity contribution in [3.05, 3.63) is 23.9 Å². The van der Waals surface area contributed by atoms with Crippen LogP contribution in [0.5, 0.6) is 0 Å². The van der Waals surface area contributed by atoms with Gasteiger partial charge in [-0.15, -0.1) is 0 Å². The Morgan fingerprint density at radius 3 is 3.07 bits per heavy atom. The molecule has 1 amide bonds. The minimum Gasteiger partial charge on any atom is -0.393 e. The van der Waals surface area contributed by atoms with E-state index in [4.69, 9.17) is 0 Å². The quantitative estimate of drug-likeness (QED) is 0.623. The first-order chi connectivity index (χ1) is 6.72. The summed E-state index contributed by atoms with van der Waals surface area (Å²) in [5.74, 6) is 0.640. The van der Waals surface area contributed by atoms with Gasteiger partial charge in [-0.05, 0) is 18.9 Å². The van der Waals surface area contributed by atoms with Crippen LogP contribution >= 0.6 is 0 Å². The Labute approximate surface area is 81.0 Å². The zero-order valence-electron chi connectivity index (χ0n) is 7.53. The molecule has 1 spiro atoms. The molecule has 1 saturated carbocycles. The Morgan fingerprint density at radius 2 is 2.36 bits per heavy atom. The molecule has 2 aliphatic rings. The minimum absolute atomic E-state index is 0.0171. The Morgan fingerprint density at radius 1 is 1.57 bits per heavy atom. The topological polar surface area (TPSA) is 62.2 Å². The van der Waals surface area contributed by atoms with Gasteiger partial charge in [-0.3, -0.25) is 4.79 Å². The summed E-state index contributed by atoms with van der Waals surface area (Å²) in [6.45, 7) is 0. The zero-order chi connectivity index (χ0) is 9.76. The molecule has 1 aliphatic carbocycles. The molecule has 4 nitrogen and oxygen atoms in total. The van der Waals surface area contributed by atoms with Gasteiger partial charge in [0.2, 0.25) is 5.91 Å². The molecule has 3 rings (SSSR count). The van der Waals surface area contributed by atoms with Gasteiger partial charge in [0, 0.05) is 11.8 Å². The first kappa shape index (κ1) is 7.94. The van der Waals surface area contributed by atoms with E-state index in [1.54, 1.807) is 6.20 Å². The van der Waals surface area contributed by atoms with E-state index >= 15 is 0 Å². The Kier molecular flexibility index (Phi) is 1.32. The monoisotopic (exact) mass is 190 g/mol. The number of aliphatic hydroxyl groups excluding tert-OH is 1. The molecule has 0 radical (unpaired) electrons. The lowest BCUT2D eigenvalue weighted by atomic mass is 9.64.